The van der Waals surface area contributed by atoms with Gasteiger partial charge in [-0.05, 0) is 32.3 Å². The number of rotatable bonds is 3. The highest BCUT2D eigenvalue weighted by Gasteiger charge is 2.25. The number of nitrogens with zero attached hydrogens (tertiary/aromatic N) is 2. The smallest absolute Gasteiger partial charge is 0.226 e. The van der Waals surface area contributed by atoms with Gasteiger partial charge in [0.2, 0.25) is 5.91 Å². The molecule has 1 aliphatic heterocycles. The third-order valence-electron chi connectivity index (χ3n) is 4.44. The van der Waals surface area contributed by atoms with Gasteiger partial charge < -0.3 is 4.90 Å². The van der Waals surface area contributed by atoms with Crippen molar-refractivity contribution in [1.29, 1.82) is 0 Å². The molecule has 1 aromatic heterocycles. The molecule has 0 spiro atoms. The Morgan fingerprint density at radius 1 is 1.23 bits per heavy atom. The van der Waals surface area contributed by atoms with E-state index in [1.807, 2.05) is 46.6 Å². The van der Waals surface area contributed by atoms with E-state index >= 15 is 0 Å². The fraction of sp³-hybridized carbons (Fsp3) is 0.444. The molecule has 2 heterocycles. The maximum atomic E-state index is 12.4. The van der Waals surface area contributed by atoms with Crippen LogP contribution >= 0.6 is 11.3 Å². The van der Waals surface area contributed by atoms with Crippen molar-refractivity contribution in [3.05, 3.63) is 51.5 Å². The van der Waals surface area contributed by atoms with E-state index in [0.717, 1.165) is 37.2 Å². The number of carbonyl (C=O) groups is 1. The molecule has 0 aliphatic carbocycles. The summed E-state index contributed by atoms with van der Waals surface area (Å²) in [5.41, 5.74) is 2.25. The van der Waals surface area contributed by atoms with Crippen molar-refractivity contribution in [2.75, 3.05) is 13.1 Å². The molecule has 1 amide bonds. The summed E-state index contributed by atoms with van der Waals surface area (Å²) < 4.78 is 0. The van der Waals surface area contributed by atoms with E-state index in [-0.39, 0.29) is 5.91 Å². The third kappa shape index (κ3) is 3.38. The van der Waals surface area contributed by atoms with Crippen LogP contribution in [0.1, 0.15) is 39.9 Å². The number of hydrogen-bond donors (Lipinski definition) is 0. The average Bonchev–Trinajstić information content (AvgIpc) is 2.88. The van der Waals surface area contributed by atoms with Gasteiger partial charge in [0.05, 0.1) is 17.1 Å². The van der Waals surface area contributed by atoms with Crippen LogP contribution < -0.4 is 0 Å². The zero-order valence-corrected chi connectivity index (χ0v) is 14.0. The minimum atomic E-state index is 0.246. The van der Waals surface area contributed by atoms with Gasteiger partial charge >= 0.3 is 0 Å². The van der Waals surface area contributed by atoms with Crippen LogP contribution in [0, 0.1) is 13.8 Å². The van der Waals surface area contributed by atoms with Gasteiger partial charge in [0.1, 0.15) is 0 Å². The predicted molar refractivity (Wildman–Crippen MR) is 90.3 cm³/mol. The van der Waals surface area contributed by atoms with E-state index in [1.54, 1.807) is 0 Å². The van der Waals surface area contributed by atoms with Crippen LogP contribution in [0.4, 0.5) is 0 Å². The second-order valence-corrected chi connectivity index (χ2v) is 7.25. The highest BCUT2D eigenvalue weighted by atomic mass is 32.1. The molecular weight excluding hydrogens is 292 g/mol. The van der Waals surface area contributed by atoms with Gasteiger partial charge in [0.15, 0.2) is 0 Å². The highest BCUT2D eigenvalue weighted by molar-refractivity contribution is 7.11. The Hall–Kier alpha value is -1.68. The Morgan fingerprint density at radius 2 is 1.91 bits per heavy atom. The lowest BCUT2D eigenvalue weighted by atomic mass is 9.97. The summed E-state index contributed by atoms with van der Waals surface area (Å²) in [6.45, 7) is 5.92. The third-order valence-corrected chi connectivity index (χ3v) is 5.68. The van der Waals surface area contributed by atoms with Crippen LogP contribution in [0.3, 0.4) is 0 Å². The SMILES string of the molecule is Cc1nc(C2CCN(C(=O)Cc3ccccc3)CC2)sc1C. The average molecular weight is 314 g/mol. The summed E-state index contributed by atoms with van der Waals surface area (Å²) in [4.78, 5) is 20.4. The molecule has 0 atom stereocenters. The number of likely N-dealkylation sites (tertiary alicyclic amines) is 1. The first-order chi connectivity index (χ1) is 10.6. The molecule has 0 N–H and O–H groups in total. The molecule has 1 saturated heterocycles. The molecule has 0 saturated carbocycles. The van der Waals surface area contributed by atoms with E-state index < -0.39 is 0 Å². The Balaban J connectivity index is 1.56. The second-order valence-electron chi connectivity index (χ2n) is 6.01. The molecule has 0 unspecified atom stereocenters. The molecule has 2 aromatic rings. The predicted octanol–water partition coefficient (Wildman–Crippen LogP) is 3.71. The highest BCUT2D eigenvalue weighted by Crippen LogP contribution is 2.32. The lowest BCUT2D eigenvalue weighted by Gasteiger charge is -2.31. The summed E-state index contributed by atoms with van der Waals surface area (Å²) in [6.07, 6.45) is 2.58. The number of amides is 1. The normalized spacial score (nSPS) is 16.0. The maximum absolute atomic E-state index is 12.4. The minimum Gasteiger partial charge on any atom is -0.342 e. The van der Waals surface area contributed by atoms with Crippen LogP contribution in [0.2, 0.25) is 0 Å². The van der Waals surface area contributed by atoms with E-state index in [2.05, 4.69) is 18.8 Å². The van der Waals surface area contributed by atoms with Crippen molar-refractivity contribution < 1.29 is 4.79 Å². The monoisotopic (exact) mass is 314 g/mol. The van der Waals surface area contributed by atoms with E-state index in [9.17, 15) is 4.79 Å². The summed E-state index contributed by atoms with van der Waals surface area (Å²) in [7, 11) is 0. The molecule has 0 bridgehead atoms. The van der Waals surface area contributed by atoms with Crippen LogP contribution in [-0.2, 0) is 11.2 Å². The standard InChI is InChI=1S/C18H22N2OS/c1-13-14(2)22-18(19-13)16-8-10-20(11-9-16)17(21)12-15-6-4-3-5-7-15/h3-7,16H,8-12H2,1-2H3. The first-order valence-electron chi connectivity index (χ1n) is 7.89. The number of aromatic nitrogens is 1. The first-order valence-corrected chi connectivity index (χ1v) is 8.71. The molecule has 1 aromatic carbocycles. The summed E-state index contributed by atoms with van der Waals surface area (Å²) in [5, 5.41) is 1.25. The fourth-order valence-electron chi connectivity index (χ4n) is 2.93. The van der Waals surface area contributed by atoms with E-state index in [1.165, 1.54) is 9.88 Å². The molecule has 0 radical (unpaired) electrons. The Bertz CT molecular complexity index is 623. The van der Waals surface area contributed by atoms with Gasteiger partial charge in [0.25, 0.3) is 0 Å². The topological polar surface area (TPSA) is 33.2 Å². The number of thiazole rings is 1. The van der Waals surface area contributed by atoms with Crippen molar-refractivity contribution in [1.82, 2.24) is 9.88 Å². The number of carbonyl (C=O) groups excluding carboxylic acids is 1. The van der Waals surface area contributed by atoms with E-state index in [0.29, 0.717) is 12.3 Å². The molecular formula is C18H22N2OS. The zero-order valence-electron chi connectivity index (χ0n) is 13.2. The zero-order chi connectivity index (χ0) is 15.5. The van der Waals surface area contributed by atoms with Gasteiger partial charge in [-0.1, -0.05) is 30.3 Å². The Morgan fingerprint density at radius 3 is 2.50 bits per heavy atom. The molecule has 3 nitrogen and oxygen atoms in total. The largest absolute Gasteiger partial charge is 0.342 e. The Labute approximate surface area is 136 Å². The summed E-state index contributed by atoms with van der Waals surface area (Å²) >= 11 is 1.82. The molecule has 22 heavy (non-hydrogen) atoms. The molecule has 116 valence electrons. The van der Waals surface area contributed by atoms with Crippen molar-refractivity contribution >= 4 is 17.2 Å². The molecule has 1 fully saturated rings. The number of aryl methyl sites for hydroxylation is 2. The van der Waals surface area contributed by atoms with Crippen LogP contribution in [0.25, 0.3) is 0 Å². The van der Waals surface area contributed by atoms with Gasteiger partial charge in [-0.15, -0.1) is 11.3 Å². The summed E-state index contributed by atoms with van der Waals surface area (Å²) in [6, 6.07) is 10.00. The molecule has 4 heteroatoms. The maximum Gasteiger partial charge on any atom is 0.226 e. The van der Waals surface area contributed by atoms with Gasteiger partial charge in [-0.3, -0.25) is 4.79 Å². The van der Waals surface area contributed by atoms with Crippen LogP contribution in [-0.4, -0.2) is 28.9 Å². The fourth-order valence-corrected chi connectivity index (χ4v) is 4.02. The summed E-state index contributed by atoms with van der Waals surface area (Å²) in [5.74, 6) is 0.773. The van der Waals surface area contributed by atoms with Gasteiger partial charge in [-0.2, -0.15) is 0 Å². The van der Waals surface area contributed by atoms with Crippen LogP contribution in [0.5, 0.6) is 0 Å². The lowest BCUT2D eigenvalue weighted by molar-refractivity contribution is -0.131. The van der Waals surface area contributed by atoms with Gasteiger partial charge in [0, 0.05) is 23.9 Å². The number of benzene rings is 1. The van der Waals surface area contributed by atoms with Crippen molar-refractivity contribution in [3.8, 4) is 0 Å². The molecule has 1 aliphatic rings. The minimum absolute atomic E-state index is 0.246. The van der Waals surface area contributed by atoms with Crippen molar-refractivity contribution in [2.24, 2.45) is 0 Å². The van der Waals surface area contributed by atoms with Crippen molar-refractivity contribution in [3.63, 3.8) is 0 Å². The molecule has 3 rings (SSSR count). The van der Waals surface area contributed by atoms with E-state index in [4.69, 9.17) is 0 Å². The Kier molecular flexibility index (Phi) is 4.57. The lowest BCUT2D eigenvalue weighted by Crippen LogP contribution is -2.38. The van der Waals surface area contributed by atoms with Gasteiger partial charge in [-0.25, -0.2) is 4.98 Å². The quantitative estimate of drug-likeness (QED) is 0.865. The number of hydrogen-bond acceptors (Lipinski definition) is 3. The van der Waals surface area contributed by atoms with Crippen molar-refractivity contribution in [2.45, 2.75) is 39.0 Å². The first kappa shape index (κ1) is 15.2. The van der Waals surface area contributed by atoms with Crippen LogP contribution in [0.15, 0.2) is 30.3 Å². The second kappa shape index (κ2) is 6.61. The number of piperidine rings is 1.